The fraction of sp³-hybridized carbons (Fsp3) is 0.667. The van der Waals surface area contributed by atoms with Crippen molar-refractivity contribution in [2.75, 3.05) is 13.1 Å². The minimum atomic E-state index is -4.83. The first-order valence-corrected chi connectivity index (χ1v) is 11.5. The predicted molar refractivity (Wildman–Crippen MR) is 111 cm³/mol. The number of nitrogens with zero attached hydrogens (tertiary/aromatic N) is 4. The van der Waals surface area contributed by atoms with Crippen molar-refractivity contribution in [3.8, 4) is 0 Å². The number of hydrogen-bond donors (Lipinski definition) is 3. The molecule has 3 amide bonds. The third-order valence-electron chi connectivity index (χ3n) is 4.90. The second kappa shape index (κ2) is 9.24. The Bertz CT molecular complexity index is 1030. The molecule has 2 saturated heterocycles. The summed E-state index contributed by atoms with van der Waals surface area (Å²) in [7, 11) is -4.83. The first-order chi connectivity index (χ1) is 15.2. The Morgan fingerprint density at radius 2 is 2.12 bits per heavy atom. The highest BCUT2D eigenvalue weighted by atomic mass is 32.3. The van der Waals surface area contributed by atoms with Crippen LogP contribution in [0.4, 0.5) is 9.59 Å². The van der Waals surface area contributed by atoms with E-state index in [1.807, 2.05) is 0 Å². The summed E-state index contributed by atoms with van der Waals surface area (Å²) < 4.78 is 45.6. The van der Waals surface area contributed by atoms with Gasteiger partial charge in [0.15, 0.2) is 5.76 Å². The van der Waals surface area contributed by atoms with Crippen molar-refractivity contribution in [2.24, 2.45) is 4.99 Å². The number of nitrogens with one attached hydrogen (secondary N) is 1. The molecule has 0 saturated carbocycles. The first-order valence-electron chi connectivity index (χ1n) is 10.2. The molecule has 184 valence electrons. The number of ether oxygens (including phenoxy) is 1. The monoisotopic (exact) mass is 489 g/mol. The Hall–Kier alpha value is -2.75. The summed E-state index contributed by atoms with van der Waals surface area (Å²) in [5.74, 6) is 0.349. The van der Waals surface area contributed by atoms with Crippen LogP contribution in [0.3, 0.4) is 0 Å². The molecule has 14 nitrogen and oxygen atoms in total. The highest BCUT2D eigenvalue weighted by molar-refractivity contribution is 7.80. The van der Waals surface area contributed by atoms with Crippen molar-refractivity contribution in [2.45, 2.75) is 64.3 Å². The Morgan fingerprint density at radius 1 is 1.42 bits per heavy atom. The van der Waals surface area contributed by atoms with Gasteiger partial charge in [0.1, 0.15) is 23.2 Å². The van der Waals surface area contributed by atoms with Crippen LogP contribution in [-0.4, -0.2) is 75.9 Å². The van der Waals surface area contributed by atoms with E-state index in [1.54, 1.807) is 27.7 Å². The van der Waals surface area contributed by atoms with Crippen LogP contribution in [0.5, 0.6) is 0 Å². The third-order valence-corrected chi connectivity index (χ3v) is 5.25. The van der Waals surface area contributed by atoms with Gasteiger partial charge in [-0.3, -0.25) is 14.9 Å². The molecular weight excluding hydrogens is 462 g/mol. The summed E-state index contributed by atoms with van der Waals surface area (Å²) in [6, 6.07) is -0.282. The number of hydrogen-bond acceptors (Lipinski definition) is 10. The minimum absolute atomic E-state index is 0.110. The standard InChI is InChI=1S/C18H27N5O9S/c1-10(20-16(25)30-18(2,3)4)19-8-14(24)15-7-12(21-31-15)13-6-5-11-9-22(13)17(26)23(11)32-33(27,28)29/h7,11,13-14,24H,5-6,8-9H2,1-4H3,(H,19,20,25)(H,27,28,29)/t11-,13+,14-/m1/s1. The van der Waals surface area contributed by atoms with E-state index in [4.69, 9.17) is 13.8 Å². The predicted octanol–water partition coefficient (Wildman–Crippen LogP) is 1.33. The molecule has 1 aromatic rings. The zero-order valence-corrected chi connectivity index (χ0v) is 19.4. The van der Waals surface area contributed by atoms with Crippen molar-refractivity contribution in [1.29, 1.82) is 0 Å². The molecule has 0 unspecified atom stereocenters. The topological polar surface area (TPSA) is 184 Å². The van der Waals surface area contributed by atoms with Crippen molar-refractivity contribution in [3.63, 3.8) is 0 Å². The molecule has 3 N–H and O–H groups in total. The van der Waals surface area contributed by atoms with Crippen LogP contribution in [0.1, 0.15) is 64.1 Å². The minimum Gasteiger partial charge on any atom is -0.444 e. The maximum atomic E-state index is 12.5. The molecule has 2 bridgehead atoms. The highest BCUT2D eigenvalue weighted by Crippen LogP contribution is 2.38. The van der Waals surface area contributed by atoms with Crippen LogP contribution in [0.15, 0.2) is 15.6 Å². The van der Waals surface area contributed by atoms with Crippen LogP contribution in [-0.2, 0) is 19.4 Å². The second-order valence-electron chi connectivity index (χ2n) is 8.73. The molecule has 0 aromatic carbocycles. The number of aromatic nitrogens is 1. The van der Waals surface area contributed by atoms with Gasteiger partial charge in [-0.05, 0) is 40.5 Å². The van der Waals surface area contributed by atoms with E-state index >= 15 is 0 Å². The normalized spacial score (nSPS) is 22.5. The van der Waals surface area contributed by atoms with Gasteiger partial charge < -0.3 is 19.3 Å². The Morgan fingerprint density at radius 3 is 2.76 bits per heavy atom. The molecule has 33 heavy (non-hydrogen) atoms. The number of alkyl carbamates (subject to hydrolysis) is 1. The van der Waals surface area contributed by atoms with Gasteiger partial charge >= 0.3 is 22.5 Å². The van der Waals surface area contributed by atoms with E-state index in [0.717, 1.165) is 0 Å². The zero-order chi connectivity index (χ0) is 24.6. The quantitative estimate of drug-likeness (QED) is 0.299. The smallest absolute Gasteiger partial charge is 0.418 e. The van der Waals surface area contributed by atoms with Gasteiger partial charge in [-0.1, -0.05) is 5.16 Å². The van der Waals surface area contributed by atoms with Gasteiger partial charge in [-0.15, -0.1) is 4.28 Å². The molecular formula is C18H27N5O9S. The molecule has 3 atom stereocenters. The number of hydroxylamine groups is 2. The van der Waals surface area contributed by atoms with Crippen molar-refractivity contribution in [3.05, 3.63) is 17.5 Å². The lowest BCUT2D eigenvalue weighted by Gasteiger charge is -2.28. The average molecular weight is 490 g/mol. The van der Waals surface area contributed by atoms with Crippen LogP contribution in [0.2, 0.25) is 0 Å². The number of carbonyl (C=O) groups excluding carboxylic acids is 2. The highest BCUT2D eigenvalue weighted by Gasteiger charge is 2.48. The molecule has 15 heteroatoms. The number of amides is 3. The fourth-order valence-corrected chi connectivity index (χ4v) is 3.95. The summed E-state index contributed by atoms with van der Waals surface area (Å²) in [5, 5.41) is 17.4. The van der Waals surface area contributed by atoms with Crippen LogP contribution < -0.4 is 5.32 Å². The Balaban J connectivity index is 1.61. The van der Waals surface area contributed by atoms with E-state index in [1.165, 1.54) is 11.0 Å². The average Bonchev–Trinajstić information content (AvgIpc) is 3.24. The van der Waals surface area contributed by atoms with Gasteiger partial charge in [0.05, 0.1) is 18.6 Å². The number of aliphatic hydroxyl groups excluding tert-OH is 1. The van der Waals surface area contributed by atoms with Crippen molar-refractivity contribution < 1.29 is 41.2 Å². The SMILES string of the molecule is CC(=NC[C@@H](O)c1cc([C@@H]2CC[C@@H]3CN2C(=O)N3OS(=O)(=O)O)no1)NC(=O)OC(C)(C)C. The van der Waals surface area contributed by atoms with E-state index in [0.29, 0.717) is 23.6 Å². The molecule has 0 radical (unpaired) electrons. The zero-order valence-electron chi connectivity index (χ0n) is 18.6. The van der Waals surface area contributed by atoms with Crippen LogP contribution >= 0.6 is 0 Å². The molecule has 1 aromatic heterocycles. The van der Waals surface area contributed by atoms with E-state index in [-0.39, 0.29) is 24.7 Å². The van der Waals surface area contributed by atoms with Gasteiger partial charge in [-0.25, -0.2) is 9.59 Å². The third kappa shape index (κ3) is 6.40. The van der Waals surface area contributed by atoms with Gasteiger partial charge in [-0.2, -0.15) is 13.5 Å². The summed E-state index contributed by atoms with van der Waals surface area (Å²) in [6.45, 7) is 6.79. The molecule has 0 aliphatic carbocycles. The van der Waals surface area contributed by atoms with Gasteiger partial charge in [0.25, 0.3) is 0 Å². The largest absolute Gasteiger partial charge is 0.444 e. The summed E-state index contributed by atoms with van der Waals surface area (Å²) >= 11 is 0. The fourth-order valence-electron chi connectivity index (χ4n) is 3.56. The van der Waals surface area contributed by atoms with E-state index in [2.05, 4.69) is 19.7 Å². The Labute approximate surface area is 190 Å². The van der Waals surface area contributed by atoms with Crippen LogP contribution in [0.25, 0.3) is 0 Å². The molecule has 3 rings (SSSR count). The summed E-state index contributed by atoms with van der Waals surface area (Å²) in [4.78, 5) is 29.7. The number of rotatable bonds is 6. The first kappa shape index (κ1) is 24.9. The number of piperidine rings is 1. The van der Waals surface area contributed by atoms with Crippen molar-refractivity contribution in [1.82, 2.24) is 20.4 Å². The molecule has 2 fully saturated rings. The number of aliphatic imine (C=N–C) groups is 1. The molecule has 2 aliphatic rings. The van der Waals surface area contributed by atoms with E-state index in [9.17, 15) is 23.1 Å². The maximum absolute atomic E-state index is 12.5. The number of aliphatic hydroxyl groups is 1. The number of fused-ring (bicyclic) bond motifs is 2. The summed E-state index contributed by atoms with van der Waals surface area (Å²) in [5.41, 5.74) is -0.289. The second-order valence-corrected chi connectivity index (χ2v) is 9.74. The molecule has 2 aliphatic heterocycles. The van der Waals surface area contributed by atoms with E-state index < -0.39 is 46.3 Å². The Kier molecular flexibility index (Phi) is 6.97. The lowest BCUT2D eigenvalue weighted by atomic mass is 9.98. The van der Waals surface area contributed by atoms with Gasteiger partial charge in [0, 0.05) is 12.6 Å². The lowest BCUT2D eigenvalue weighted by Crippen LogP contribution is -2.35. The maximum Gasteiger partial charge on any atom is 0.418 e. The number of amidine groups is 1. The van der Waals surface area contributed by atoms with Crippen LogP contribution in [0, 0.1) is 0 Å². The number of urea groups is 1. The molecule has 0 spiro atoms. The molecule has 3 heterocycles. The lowest BCUT2D eigenvalue weighted by molar-refractivity contribution is -0.0317. The summed E-state index contributed by atoms with van der Waals surface area (Å²) in [6.07, 6.45) is -0.974. The van der Waals surface area contributed by atoms with Gasteiger partial charge in [0.2, 0.25) is 0 Å². The van der Waals surface area contributed by atoms with Crippen molar-refractivity contribution >= 4 is 28.4 Å². The number of carbonyl (C=O) groups is 2.